The van der Waals surface area contributed by atoms with Gasteiger partial charge in [-0.2, -0.15) is 0 Å². The van der Waals surface area contributed by atoms with E-state index in [4.69, 9.17) is 27.9 Å². The number of hydrogen-bond donors (Lipinski definition) is 0. The molecule has 6 heteroatoms. The second-order valence-corrected chi connectivity index (χ2v) is 6.95. The number of benzene rings is 2. The molecule has 0 N–H and O–H groups in total. The first kappa shape index (κ1) is 18.5. The van der Waals surface area contributed by atoms with Crippen molar-refractivity contribution in [3.05, 3.63) is 69.7 Å². The van der Waals surface area contributed by atoms with E-state index in [0.29, 0.717) is 21.9 Å². The lowest BCUT2D eigenvalue weighted by atomic mass is 10.1. The Balaban J connectivity index is 1.86. The number of rotatable bonds is 5. The van der Waals surface area contributed by atoms with Crippen LogP contribution in [0, 0.1) is 0 Å². The van der Waals surface area contributed by atoms with Crippen molar-refractivity contribution in [3.63, 3.8) is 0 Å². The number of hydrogen-bond acceptors (Lipinski definition) is 3. The summed E-state index contributed by atoms with van der Waals surface area (Å²) in [5, 5.41) is 0.410. The molecule has 26 heavy (non-hydrogen) atoms. The summed E-state index contributed by atoms with van der Waals surface area (Å²) in [5.41, 5.74) is 1.45. The highest BCUT2D eigenvalue weighted by Crippen LogP contribution is 2.34. The molecule has 0 saturated carbocycles. The van der Waals surface area contributed by atoms with Crippen molar-refractivity contribution in [2.75, 3.05) is 0 Å². The number of nitrogens with zero attached hydrogens (tertiary/aromatic N) is 1. The molecule has 0 saturated heterocycles. The first-order valence-corrected chi connectivity index (χ1v) is 8.90. The van der Waals surface area contributed by atoms with Crippen LogP contribution < -0.4 is 4.74 Å². The molecule has 0 unspecified atom stereocenters. The SMILES string of the molecule is CC(C)Oc1ccc(C2=C(Cl)C(=O)N(Cc3ccccc3Cl)C2=O)cc1. The van der Waals surface area contributed by atoms with Crippen molar-refractivity contribution >= 4 is 40.6 Å². The fourth-order valence-electron chi connectivity index (χ4n) is 2.71. The molecule has 0 radical (unpaired) electrons. The summed E-state index contributed by atoms with van der Waals surface area (Å²) < 4.78 is 5.59. The zero-order valence-electron chi connectivity index (χ0n) is 14.3. The molecule has 0 aromatic heterocycles. The highest BCUT2D eigenvalue weighted by atomic mass is 35.5. The van der Waals surface area contributed by atoms with Crippen LogP contribution in [0.5, 0.6) is 5.75 Å². The summed E-state index contributed by atoms with van der Waals surface area (Å²) in [5.74, 6) is -0.267. The van der Waals surface area contributed by atoms with Crippen LogP contribution in [-0.2, 0) is 16.1 Å². The monoisotopic (exact) mass is 389 g/mol. The molecular weight excluding hydrogens is 373 g/mol. The van der Waals surface area contributed by atoms with Gasteiger partial charge < -0.3 is 4.74 Å². The quantitative estimate of drug-likeness (QED) is 0.699. The van der Waals surface area contributed by atoms with Gasteiger partial charge in [0.2, 0.25) is 0 Å². The molecule has 1 aliphatic heterocycles. The van der Waals surface area contributed by atoms with Crippen LogP contribution in [0.15, 0.2) is 53.6 Å². The topological polar surface area (TPSA) is 46.6 Å². The maximum atomic E-state index is 12.8. The van der Waals surface area contributed by atoms with Crippen LogP contribution >= 0.6 is 23.2 Å². The van der Waals surface area contributed by atoms with E-state index in [1.165, 1.54) is 0 Å². The maximum Gasteiger partial charge on any atom is 0.273 e. The van der Waals surface area contributed by atoms with Gasteiger partial charge in [0.25, 0.3) is 11.8 Å². The van der Waals surface area contributed by atoms with E-state index in [0.717, 1.165) is 4.90 Å². The molecule has 0 spiro atoms. The largest absolute Gasteiger partial charge is 0.491 e. The number of ether oxygens (including phenoxy) is 1. The Bertz CT molecular complexity index is 888. The number of halogens is 2. The van der Waals surface area contributed by atoms with Gasteiger partial charge in [-0.25, -0.2) is 0 Å². The van der Waals surface area contributed by atoms with Gasteiger partial charge in [0.05, 0.1) is 18.2 Å². The van der Waals surface area contributed by atoms with Crippen molar-refractivity contribution < 1.29 is 14.3 Å². The van der Waals surface area contributed by atoms with E-state index in [1.54, 1.807) is 48.5 Å². The van der Waals surface area contributed by atoms with E-state index in [2.05, 4.69) is 0 Å². The van der Waals surface area contributed by atoms with Gasteiger partial charge in [-0.1, -0.05) is 53.5 Å². The fraction of sp³-hybridized carbons (Fsp3) is 0.200. The van der Waals surface area contributed by atoms with Crippen LogP contribution in [-0.4, -0.2) is 22.8 Å². The van der Waals surface area contributed by atoms with Crippen molar-refractivity contribution in [1.29, 1.82) is 0 Å². The minimum Gasteiger partial charge on any atom is -0.491 e. The first-order valence-electron chi connectivity index (χ1n) is 8.15. The third-order valence-electron chi connectivity index (χ3n) is 3.91. The Morgan fingerprint density at radius 1 is 0.962 bits per heavy atom. The fourth-order valence-corrected chi connectivity index (χ4v) is 3.20. The van der Waals surface area contributed by atoms with Crippen molar-refractivity contribution in [2.24, 2.45) is 0 Å². The molecule has 2 aromatic carbocycles. The zero-order chi connectivity index (χ0) is 18.8. The Morgan fingerprint density at radius 2 is 1.62 bits per heavy atom. The van der Waals surface area contributed by atoms with Gasteiger partial charge in [0.15, 0.2) is 0 Å². The highest BCUT2D eigenvalue weighted by Gasteiger charge is 2.38. The lowest BCUT2D eigenvalue weighted by Gasteiger charge is -2.16. The van der Waals surface area contributed by atoms with E-state index in [-0.39, 0.29) is 23.3 Å². The summed E-state index contributed by atoms with van der Waals surface area (Å²) in [6.45, 7) is 3.93. The molecule has 0 fully saturated rings. The van der Waals surface area contributed by atoms with Gasteiger partial charge >= 0.3 is 0 Å². The molecule has 4 nitrogen and oxygen atoms in total. The molecule has 0 aliphatic carbocycles. The standard InChI is InChI=1S/C20H17Cl2NO3/c1-12(2)26-15-9-7-13(8-10-15)17-18(22)20(25)23(19(17)24)11-14-5-3-4-6-16(14)21/h3-10,12H,11H2,1-2H3. The van der Waals surface area contributed by atoms with Gasteiger partial charge in [0, 0.05) is 5.02 Å². The summed E-state index contributed by atoms with van der Waals surface area (Å²) >= 11 is 12.3. The van der Waals surface area contributed by atoms with Crippen LogP contribution in [0.2, 0.25) is 5.02 Å². The summed E-state index contributed by atoms with van der Waals surface area (Å²) in [6, 6.07) is 14.0. The first-order chi connectivity index (χ1) is 12.4. The lowest BCUT2D eigenvalue weighted by Crippen LogP contribution is -2.30. The van der Waals surface area contributed by atoms with Crippen molar-refractivity contribution in [3.8, 4) is 5.75 Å². The number of carbonyl (C=O) groups is 2. The van der Waals surface area contributed by atoms with Crippen LogP contribution in [0.1, 0.15) is 25.0 Å². The molecule has 134 valence electrons. The second-order valence-electron chi connectivity index (χ2n) is 6.17. The van der Waals surface area contributed by atoms with Gasteiger partial charge in [0.1, 0.15) is 10.8 Å². The number of imide groups is 1. The van der Waals surface area contributed by atoms with Crippen molar-refractivity contribution in [1.82, 2.24) is 4.90 Å². The van der Waals surface area contributed by atoms with Crippen LogP contribution in [0.4, 0.5) is 0 Å². The molecule has 0 atom stereocenters. The summed E-state index contributed by atoms with van der Waals surface area (Å²) in [6.07, 6.45) is 0.0458. The highest BCUT2D eigenvalue weighted by molar-refractivity contribution is 6.55. The molecule has 2 aromatic rings. The lowest BCUT2D eigenvalue weighted by molar-refractivity contribution is -0.137. The van der Waals surface area contributed by atoms with E-state index in [9.17, 15) is 9.59 Å². The number of amides is 2. The Hall–Kier alpha value is -2.30. The summed E-state index contributed by atoms with van der Waals surface area (Å²) in [4.78, 5) is 26.4. The van der Waals surface area contributed by atoms with E-state index < -0.39 is 11.8 Å². The van der Waals surface area contributed by atoms with Gasteiger partial charge in [-0.15, -0.1) is 0 Å². The second kappa shape index (κ2) is 7.52. The summed E-state index contributed by atoms with van der Waals surface area (Å²) in [7, 11) is 0. The predicted octanol–water partition coefficient (Wildman–Crippen LogP) is 4.65. The molecule has 3 rings (SSSR count). The minimum absolute atomic E-state index is 0.0458. The van der Waals surface area contributed by atoms with Crippen LogP contribution in [0.25, 0.3) is 5.57 Å². The number of carbonyl (C=O) groups excluding carboxylic acids is 2. The molecular formula is C20H17Cl2NO3. The maximum absolute atomic E-state index is 12.8. The normalized spacial score (nSPS) is 14.6. The minimum atomic E-state index is -0.519. The molecule has 0 bridgehead atoms. The average Bonchev–Trinajstić information content (AvgIpc) is 2.81. The zero-order valence-corrected chi connectivity index (χ0v) is 15.8. The molecule has 1 heterocycles. The Kier molecular flexibility index (Phi) is 5.35. The van der Waals surface area contributed by atoms with Gasteiger partial charge in [-0.05, 0) is 43.2 Å². The smallest absolute Gasteiger partial charge is 0.273 e. The average molecular weight is 390 g/mol. The Labute approximate surface area is 162 Å². The van der Waals surface area contributed by atoms with Gasteiger partial charge in [-0.3, -0.25) is 14.5 Å². The third-order valence-corrected chi connectivity index (χ3v) is 4.63. The third kappa shape index (κ3) is 3.62. The predicted molar refractivity (Wildman–Crippen MR) is 102 cm³/mol. The van der Waals surface area contributed by atoms with Crippen LogP contribution in [0.3, 0.4) is 0 Å². The Morgan fingerprint density at radius 3 is 2.23 bits per heavy atom. The van der Waals surface area contributed by atoms with Crippen molar-refractivity contribution in [2.45, 2.75) is 26.5 Å². The van der Waals surface area contributed by atoms with E-state index in [1.807, 2.05) is 13.8 Å². The molecule has 2 amide bonds. The molecule has 1 aliphatic rings. The van der Waals surface area contributed by atoms with E-state index >= 15 is 0 Å².